The van der Waals surface area contributed by atoms with Gasteiger partial charge in [0, 0.05) is 6.61 Å². The molecule has 0 aromatic heterocycles. The number of ether oxygens (including phenoxy) is 3. The topological polar surface area (TPSA) is 48.0 Å². The fourth-order valence-corrected chi connectivity index (χ4v) is 4.70. The molecule has 2 saturated heterocycles. The fraction of sp³-hybridized carbons (Fsp3) is 0.304. The summed E-state index contributed by atoms with van der Waals surface area (Å²) in [7, 11) is 1.61. The van der Waals surface area contributed by atoms with Crippen LogP contribution in [0, 0.1) is 0 Å². The van der Waals surface area contributed by atoms with Crippen LogP contribution >= 0.6 is 24.0 Å². The van der Waals surface area contributed by atoms with Crippen molar-refractivity contribution in [2.45, 2.75) is 25.6 Å². The Labute approximate surface area is 186 Å². The second-order valence-electron chi connectivity index (χ2n) is 7.11. The molecule has 30 heavy (non-hydrogen) atoms. The van der Waals surface area contributed by atoms with Gasteiger partial charge in [-0.05, 0) is 42.2 Å². The molecule has 2 fully saturated rings. The number of rotatable bonds is 7. The van der Waals surface area contributed by atoms with E-state index in [1.807, 2.05) is 54.6 Å². The van der Waals surface area contributed by atoms with Crippen molar-refractivity contribution in [3.05, 3.63) is 64.6 Å². The molecule has 2 heterocycles. The number of carbonyl (C=O) groups excluding carboxylic acids is 1. The van der Waals surface area contributed by atoms with Gasteiger partial charge in [0.25, 0.3) is 5.91 Å². The van der Waals surface area contributed by atoms with Gasteiger partial charge in [0.1, 0.15) is 10.9 Å². The molecular weight excluding hydrogens is 418 g/mol. The van der Waals surface area contributed by atoms with Gasteiger partial charge in [0.2, 0.25) is 0 Å². The molecule has 2 aliphatic heterocycles. The quantitative estimate of drug-likeness (QED) is 0.460. The van der Waals surface area contributed by atoms with Crippen molar-refractivity contribution in [1.29, 1.82) is 0 Å². The first-order valence-electron chi connectivity index (χ1n) is 9.86. The molecule has 1 amide bonds. The van der Waals surface area contributed by atoms with Crippen LogP contribution in [0.3, 0.4) is 0 Å². The van der Waals surface area contributed by atoms with Crippen LogP contribution in [0.2, 0.25) is 0 Å². The van der Waals surface area contributed by atoms with Gasteiger partial charge >= 0.3 is 0 Å². The van der Waals surface area contributed by atoms with Gasteiger partial charge in [0.15, 0.2) is 11.5 Å². The van der Waals surface area contributed by atoms with Gasteiger partial charge < -0.3 is 14.2 Å². The highest BCUT2D eigenvalue weighted by Gasteiger charge is 2.34. The zero-order valence-electron chi connectivity index (χ0n) is 16.7. The predicted molar refractivity (Wildman–Crippen MR) is 123 cm³/mol. The van der Waals surface area contributed by atoms with Crippen molar-refractivity contribution in [1.82, 2.24) is 4.90 Å². The maximum atomic E-state index is 12.8. The molecule has 2 aliphatic rings. The summed E-state index contributed by atoms with van der Waals surface area (Å²) in [6.45, 7) is 1.74. The summed E-state index contributed by atoms with van der Waals surface area (Å²) in [5.74, 6) is 1.21. The number of thioether (sulfide) groups is 1. The summed E-state index contributed by atoms with van der Waals surface area (Å²) in [4.78, 5) is 15.1. The van der Waals surface area contributed by atoms with E-state index >= 15 is 0 Å². The van der Waals surface area contributed by atoms with Crippen LogP contribution in [0.1, 0.15) is 24.0 Å². The third-order valence-corrected chi connectivity index (χ3v) is 6.38. The molecule has 4 rings (SSSR count). The van der Waals surface area contributed by atoms with E-state index in [4.69, 9.17) is 26.4 Å². The number of hydrogen-bond donors (Lipinski definition) is 0. The number of benzene rings is 2. The average molecular weight is 442 g/mol. The van der Waals surface area contributed by atoms with E-state index in [1.165, 1.54) is 11.8 Å². The van der Waals surface area contributed by atoms with Crippen molar-refractivity contribution in [2.24, 2.45) is 0 Å². The average Bonchev–Trinajstić information content (AvgIpc) is 3.37. The first kappa shape index (κ1) is 20.9. The minimum absolute atomic E-state index is 0.0659. The fourth-order valence-electron chi connectivity index (χ4n) is 3.43. The summed E-state index contributed by atoms with van der Waals surface area (Å²) in [6, 6.07) is 15.6. The number of methoxy groups -OCH3 is 1. The minimum Gasteiger partial charge on any atom is -0.493 e. The van der Waals surface area contributed by atoms with E-state index in [1.54, 1.807) is 12.0 Å². The Balaban J connectivity index is 1.46. The van der Waals surface area contributed by atoms with Gasteiger partial charge in [-0.15, -0.1) is 0 Å². The normalized spacial score (nSPS) is 20.2. The lowest BCUT2D eigenvalue weighted by atomic mass is 10.1. The molecule has 7 heteroatoms. The van der Waals surface area contributed by atoms with Crippen LogP contribution in [0.5, 0.6) is 11.5 Å². The Kier molecular flexibility index (Phi) is 6.72. The molecule has 0 saturated carbocycles. The smallest absolute Gasteiger partial charge is 0.266 e. The Morgan fingerprint density at radius 2 is 2.07 bits per heavy atom. The number of nitrogens with zero attached hydrogens (tertiary/aromatic N) is 1. The zero-order valence-corrected chi connectivity index (χ0v) is 18.3. The lowest BCUT2D eigenvalue weighted by molar-refractivity contribution is -0.123. The van der Waals surface area contributed by atoms with Crippen molar-refractivity contribution in [3.63, 3.8) is 0 Å². The minimum atomic E-state index is -0.0659. The molecule has 0 aliphatic carbocycles. The van der Waals surface area contributed by atoms with E-state index in [0.717, 1.165) is 30.6 Å². The molecular formula is C23H23NO4S2. The Bertz CT molecular complexity index is 955. The maximum absolute atomic E-state index is 12.8. The van der Waals surface area contributed by atoms with Gasteiger partial charge in [0.05, 0.1) is 24.7 Å². The van der Waals surface area contributed by atoms with Crippen LogP contribution in [-0.4, -0.2) is 41.5 Å². The standard InChI is InChI=1S/C23H23NO4S2/c1-26-20-12-17(9-10-19(20)28-15-16-6-3-2-4-7-16)13-21-22(25)24(23(29)30-21)14-18-8-5-11-27-18/h2-4,6-7,9-10,12-13,18H,5,8,11,14-15H2,1H3/b21-13-/t18-/m1/s1. The third-order valence-electron chi connectivity index (χ3n) is 5.01. The molecule has 0 spiro atoms. The molecule has 2 aromatic carbocycles. The summed E-state index contributed by atoms with van der Waals surface area (Å²) in [5, 5.41) is 0. The second kappa shape index (κ2) is 9.64. The molecule has 0 radical (unpaired) electrons. The van der Waals surface area contributed by atoms with E-state index in [-0.39, 0.29) is 12.0 Å². The monoisotopic (exact) mass is 441 g/mol. The van der Waals surface area contributed by atoms with Gasteiger partial charge in [-0.25, -0.2) is 0 Å². The van der Waals surface area contributed by atoms with Gasteiger partial charge in [-0.1, -0.05) is 60.4 Å². The van der Waals surface area contributed by atoms with Crippen molar-refractivity contribution < 1.29 is 19.0 Å². The van der Waals surface area contributed by atoms with Crippen LogP contribution in [0.25, 0.3) is 6.08 Å². The highest BCUT2D eigenvalue weighted by Crippen LogP contribution is 2.35. The Hall–Kier alpha value is -2.35. The third kappa shape index (κ3) is 4.86. The lowest BCUT2D eigenvalue weighted by Crippen LogP contribution is -2.35. The summed E-state index contributed by atoms with van der Waals surface area (Å²) in [5.41, 5.74) is 1.94. The first-order chi connectivity index (χ1) is 14.6. The molecule has 0 bridgehead atoms. The van der Waals surface area contributed by atoms with Crippen LogP contribution in [-0.2, 0) is 16.1 Å². The van der Waals surface area contributed by atoms with Gasteiger partial charge in [-0.3, -0.25) is 9.69 Å². The van der Waals surface area contributed by atoms with E-state index in [9.17, 15) is 4.79 Å². The second-order valence-corrected chi connectivity index (χ2v) is 8.79. The SMILES string of the molecule is COc1cc(/C=C2\SC(=S)N(C[C@H]3CCCO3)C2=O)ccc1OCc1ccccc1. The van der Waals surface area contributed by atoms with Crippen LogP contribution < -0.4 is 9.47 Å². The van der Waals surface area contributed by atoms with E-state index in [0.29, 0.717) is 33.9 Å². The van der Waals surface area contributed by atoms with Crippen molar-refractivity contribution >= 4 is 40.3 Å². The largest absolute Gasteiger partial charge is 0.493 e. The van der Waals surface area contributed by atoms with E-state index < -0.39 is 0 Å². The summed E-state index contributed by atoms with van der Waals surface area (Å²) >= 11 is 6.75. The van der Waals surface area contributed by atoms with Crippen molar-refractivity contribution in [2.75, 3.05) is 20.3 Å². The molecule has 2 aromatic rings. The summed E-state index contributed by atoms with van der Waals surface area (Å²) < 4.78 is 17.6. The number of thiocarbonyl (C=S) groups is 1. The molecule has 156 valence electrons. The molecule has 0 unspecified atom stereocenters. The molecule has 0 N–H and O–H groups in total. The highest BCUT2D eigenvalue weighted by atomic mass is 32.2. The van der Waals surface area contributed by atoms with Gasteiger partial charge in [-0.2, -0.15) is 0 Å². The Morgan fingerprint density at radius 3 is 2.80 bits per heavy atom. The highest BCUT2D eigenvalue weighted by molar-refractivity contribution is 8.26. The number of amides is 1. The first-order valence-corrected chi connectivity index (χ1v) is 11.1. The summed E-state index contributed by atoms with van der Waals surface area (Å²) in [6.07, 6.45) is 3.93. The molecule has 5 nitrogen and oxygen atoms in total. The number of hydrogen-bond acceptors (Lipinski definition) is 6. The zero-order chi connectivity index (χ0) is 20.9. The number of carbonyl (C=O) groups is 1. The van der Waals surface area contributed by atoms with Crippen molar-refractivity contribution in [3.8, 4) is 11.5 Å². The van der Waals surface area contributed by atoms with E-state index in [2.05, 4.69) is 0 Å². The van der Waals surface area contributed by atoms with Crippen LogP contribution in [0.4, 0.5) is 0 Å². The Morgan fingerprint density at radius 1 is 1.23 bits per heavy atom. The lowest BCUT2D eigenvalue weighted by Gasteiger charge is -2.18. The molecule has 1 atom stereocenters. The maximum Gasteiger partial charge on any atom is 0.266 e. The predicted octanol–water partition coefficient (Wildman–Crippen LogP) is 4.65. The van der Waals surface area contributed by atoms with Crippen LogP contribution in [0.15, 0.2) is 53.4 Å².